The summed E-state index contributed by atoms with van der Waals surface area (Å²) in [5, 5.41) is 3.39. The third kappa shape index (κ3) is 4.81. The lowest BCUT2D eigenvalue weighted by Crippen LogP contribution is -2.38. The molecule has 1 aliphatic rings. The predicted molar refractivity (Wildman–Crippen MR) is 66.7 cm³/mol. The summed E-state index contributed by atoms with van der Waals surface area (Å²) in [6, 6.07) is 0.520. The second kappa shape index (κ2) is 8.04. The third-order valence-electron chi connectivity index (χ3n) is 3.46. The minimum Gasteiger partial charge on any atom is -0.379 e. The fourth-order valence-corrected chi connectivity index (χ4v) is 2.41. The molecule has 96 valence electrons. The molecule has 0 aromatic carbocycles. The number of likely N-dealkylation sites (N-methyl/N-ethyl adjacent to an activating group) is 1. The van der Waals surface area contributed by atoms with Crippen LogP contribution in [0.1, 0.15) is 39.5 Å². The first-order valence-electron chi connectivity index (χ1n) is 6.64. The highest BCUT2D eigenvalue weighted by atomic mass is 16.5. The van der Waals surface area contributed by atoms with Crippen LogP contribution in [0.5, 0.6) is 0 Å². The van der Waals surface area contributed by atoms with E-state index in [4.69, 9.17) is 9.47 Å². The van der Waals surface area contributed by atoms with E-state index >= 15 is 0 Å². The number of rotatable bonds is 8. The fourth-order valence-electron chi connectivity index (χ4n) is 2.41. The van der Waals surface area contributed by atoms with E-state index in [1.54, 1.807) is 0 Å². The summed E-state index contributed by atoms with van der Waals surface area (Å²) in [6.07, 6.45) is 5.69. The Morgan fingerprint density at radius 3 is 2.50 bits per heavy atom. The highest BCUT2D eigenvalue weighted by molar-refractivity contribution is 4.79. The number of ether oxygens (including phenoxy) is 2. The van der Waals surface area contributed by atoms with Crippen molar-refractivity contribution in [3.8, 4) is 0 Å². The molecule has 1 saturated carbocycles. The van der Waals surface area contributed by atoms with Gasteiger partial charge in [0, 0.05) is 12.6 Å². The van der Waals surface area contributed by atoms with Gasteiger partial charge in [0.15, 0.2) is 0 Å². The van der Waals surface area contributed by atoms with Gasteiger partial charge in [-0.05, 0) is 39.7 Å². The number of hydrogen-bond donors (Lipinski definition) is 1. The molecule has 0 heterocycles. The molecule has 3 nitrogen and oxygen atoms in total. The second-order valence-corrected chi connectivity index (χ2v) is 4.74. The summed E-state index contributed by atoms with van der Waals surface area (Å²) in [4.78, 5) is 0. The lowest BCUT2D eigenvalue weighted by Gasteiger charge is -2.24. The van der Waals surface area contributed by atoms with Gasteiger partial charge in [0.25, 0.3) is 0 Å². The van der Waals surface area contributed by atoms with Gasteiger partial charge in [-0.1, -0.05) is 12.8 Å². The Labute approximate surface area is 99.9 Å². The zero-order valence-electron chi connectivity index (χ0n) is 11.0. The van der Waals surface area contributed by atoms with Crippen LogP contribution in [0.2, 0.25) is 0 Å². The SMILES string of the molecule is CCOCC(C)OCC(NC)C1CCCC1. The van der Waals surface area contributed by atoms with E-state index in [1.807, 2.05) is 14.0 Å². The molecule has 0 aromatic heterocycles. The standard InChI is InChI=1S/C13H27NO2/c1-4-15-9-11(2)16-10-13(14-3)12-7-5-6-8-12/h11-14H,4-10H2,1-3H3. The highest BCUT2D eigenvalue weighted by Gasteiger charge is 2.24. The maximum Gasteiger partial charge on any atom is 0.0781 e. The van der Waals surface area contributed by atoms with Crippen LogP contribution in [0.4, 0.5) is 0 Å². The smallest absolute Gasteiger partial charge is 0.0781 e. The Morgan fingerprint density at radius 1 is 1.25 bits per heavy atom. The lowest BCUT2D eigenvalue weighted by atomic mass is 9.99. The summed E-state index contributed by atoms with van der Waals surface area (Å²) in [7, 11) is 2.04. The quantitative estimate of drug-likeness (QED) is 0.692. The predicted octanol–water partition coefficient (Wildman–Crippen LogP) is 2.21. The van der Waals surface area contributed by atoms with E-state index in [1.165, 1.54) is 25.7 Å². The lowest BCUT2D eigenvalue weighted by molar-refractivity contribution is -0.0161. The third-order valence-corrected chi connectivity index (χ3v) is 3.46. The van der Waals surface area contributed by atoms with E-state index < -0.39 is 0 Å². The molecular weight excluding hydrogens is 202 g/mol. The van der Waals surface area contributed by atoms with Crippen molar-refractivity contribution in [1.82, 2.24) is 5.32 Å². The van der Waals surface area contributed by atoms with Crippen molar-refractivity contribution in [2.75, 3.05) is 26.9 Å². The first-order chi connectivity index (χ1) is 7.77. The molecule has 2 atom stereocenters. The molecule has 16 heavy (non-hydrogen) atoms. The van der Waals surface area contributed by atoms with Gasteiger partial charge in [-0.15, -0.1) is 0 Å². The van der Waals surface area contributed by atoms with E-state index in [-0.39, 0.29) is 6.10 Å². The molecule has 3 heteroatoms. The van der Waals surface area contributed by atoms with Crippen LogP contribution in [0.3, 0.4) is 0 Å². The van der Waals surface area contributed by atoms with E-state index in [0.717, 1.165) is 19.1 Å². The fraction of sp³-hybridized carbons (Fsp3) is 1.00. The van der Waals surface area contributed by atoms with Gasteiger partial charge in [0.05, 0.1) is 19.3 Å². The highest BCUT2D eigenvalue weighted by Crippen LogP contribution is 2.27. The average molecular weight is 229 g/mol. The van der Waals surface area contributed by atoms with Crippen LogP contribution in [-0.2, 0) is 9.47 Å². The summed E-state index contributed by atoms with van der Waals surface area (Å²) in [6.45, 7) is 6.39. The van der Waals surface area contributed by atoms with Crippen LogP contribution < -0.4 is 5.32 Å². The normalized spacial score (nSPS) is 21.2. The minimum absolute atomic E-state index is 0.206. The van der Waals surface area contributed by atoms with Crippen LogP contribution in [0, 0.1) is 5.92 Å². The average Bonchev–Trinajstić information content (AvgIpc) is 2.81. The van der Waals surface area contributed by atoms with Gasteiger partial charge < -0.3 is 14.8 Å². The zero-order chi connectivity index (χ0) is 11.8. The van der Waals surface area contributed by atoms with E-state index in [0.29, 0.717) is 12.6 Å². The second-order valence-electron chi connectivity index (χ2n) is 4.74. The molecule has 1 N–H and O–H groups in total. The topological polar surface area (TPSA) is 30.5 Å². The number of nitrogens with one attached hydrogen (secondary N) is 1. The first-order valence-corrected chi connectivity index (χ1v) is 6.64. The van der Waals surface area contributed by atoms with Crippen molar-refractivity contribution in [1.29, 1.82) is 0 Å². The molecule has 1 rings (SSSR count). The largest absolute Gasteiger partial charge is 0.379 e. The molecule has 0 radical (unpaired) electrons. The molecule has 1 aliphatic carbocycles. The molecule has 0 aromatic rings. The maximum atomic E-state index is 5.82. The monoisotopic (exact) mass is 229 g/mol. The van der Waals surface area contributed by atoms with Gasteiger partial charge in [-0.2, -0.15) is 0 Å². The van der Waals surface area contributed by atoms with Crippen molar-refractivity contribution in [2.24, 2.45) is 5.92 Å². The van der Waals surface area contributed by atoms with Gasteiger partial charge in [0.2, 0.25) is 0 Å². The molecular formula is C13H27NO2. The van der Waals surface area contributed by atoms with Crippen LogP contribution in [0.25, 0.3) is 0 Å². The Bertz CT molecular complexity index is 169. The summed E-state index contributed by atoms with van der Waals surface area (Å²) in [5.41, 5.74) is 0. The summed E-state index contributed by atoms with van der Waals surface area (Å²) in [5.74, 6) is 0.810. The molecule has 0 amide bonds. The van der Waals surface area contributed by atoms with Crippen molar-refractivity contribution >= 4 is 0 Å². The van der Waals surface area contributed by atoms with Crippen LogP contribution in [-0.4, -0.2) is 39.0 Å². The van der Waals surface area contributed by atoms with Gasteiger partial charge in [-0.3, -0.25) is 0 Å². The Morgan fingerprint density at radius 2 is 1.94 bits per heavy atom. The Hall–Kier alpha value is -0.120. The zero-order valence-corrected chi connectivity index (χ0v) is 11.0. The summed E-state index contributed by atoms with van der Waals surface area (Å²) < 4.78 is 11.2. The van der Waals surface area contributed by atoms with Crippen molar-refractivity contribution in [2.45, 2.75) is 51.7 Å². The Balaban J connectivity index is 2.17. The van der Waals surface area contributed by atoms with Gasteiger partial charge >= 0.3 is 0 Å². The first kappa shape index (κ1) is 13.9. The molecule has 1 fully saturated rings. The minimum atomic E-state index is 0.206. The maximum absolute atomic E-state index is 5.82. The van der Waals surface area contributed by atoms with E-state index in [9.17, 15) is 0 Å². The Kier molecular flexibility index (Phi) is 7.01. The van der Waals surface area contributed by atoms with E-state index in [2.05, 4.69) is 12.2 Å². The van der Waals surface area contributed by atoms with Crippen molar-refractivity contribution < 1.29 is 9.47 Å². The van der Waals surface area contributed by atoms with Crippen molar-refractivity contribution in [3.05, 3.63) is 0 Å². The van der Waals surface area contributed by atoms with Crippen LogP contribution in [0.15, 0.2) is 0 Å². The molecule has 0 saturated heterocycles. The molecule has 2 unspecified atom stereocenters. The number of hydrogen-bond acceptors (Lipinski definition) is 3. The molecule has 0 spiro atoms. The summed E-state index contributed by atoms with van der Waals surface area (Å²) >= 11 is 0. The molecule has 0 aliphatic heterocycles. The van der Waals surface area contributed by atoms with Crippen molar-refractivity contribution in [3.63, 3.8) is 0 Å². The van der Waals surface area contributed by atoms with Gasteiger partial charge in [-0.25, -0.2) is 0 Å². The van der Waals surface area contributed by atoms with Crippen LogP contribution >= 0.6 is 0 Å². The van der Waals surface area contributed by atoms with Gasteiger partial charge in [0.1, 0.15) is 0 Å². The molecule has 0 bridgehead atoms.